The highest BCUT2D eigenvalue weighted by molar-refractivity contribution is 4.93. The smallest absolute Gasteiger partial charge is 0.0898 e. The summed E-state index contributed by atoms with van der Waals surface area (Å²) in [7, 11) is 0. The maximum Gasteiger partial charge on any atom is 0.0898 e. The molecule has 0 aromatic heterocycles. The van der Waals surface area contributed by atoms with Crippen molar-refractivity contribution in [2.24, 2.45) is 0 Å². The summed E-state index contributed by atoms with van der Waals surface area (Å²) in [5.41, 5.74) is -0.225. The number of hydrogen-bond acceptors (Lipinski definition) is 4. The lowest BCUT2D eigenvalue weighted by Crippen LogP contribution is -2.51. The van der Waals surface area contributed by atoms with Crippen molar-refractivity contribution >= 4 is 0 Å². The van der Waals surface area contributed by atoms with Crippen LogP contribution in [0.2, 0.25) is 0 Å². The van der Waals surface area contributed by atoms with Gasteiger partial charge < -0.3 is 19.9 Å². The molecule has 2 N–H and O–H groups in total. The molecule has 1 rings (SSSR count). The monoisotopic (exact) mass is 245 g/mol. The molecule has 1 fully saturated rings. The van der Waals surface area contributed by atoms with E-state index in [0.717, 1.165) is 13.0 Å². The lowest BCUT2D eigenvalue weighted by atomic mass is 9.94. The number of aliphatic hydroxyl groups is 1. The molecular weight excluding hydrogens is 218 g/mol. The fourth-order valence-corrected chi connectivity index (χ4v) is 1.82. The largest absolute Gasteiger partial charge is 0.389 e. The van der Waals surface area contributed by atoms with Gasteiger partial charge in [-0.25, -0.2) is 0 Å². The van der Waals surface area contributed by atoms with Gasteiger partial charge in [-0.2, -0.15) is 0 Å². The van der Waals surface area contributed by atoms with E-state index in [1.54, 1.807) is 0 Å². The zero-order valence-corrected chi connectivity index (χ0v) is 11.7. The van der Waals surface area contributed by atoms with Crippen LogP contribution in [0.15, 0.2) is 0 Å². The molecule has 3 atom stereocenters. The molecule has 0 bridgehead atoms. The maximum atomic E-state index is 9.85. The van der Waals surface area contributed by atoms with E-state index >= 15 is 0 Å². The summed E-state index contributed by atoms with van der Waals surface area (Å²) in [4.78, 5) is 0. The van der Waals surface area contributed by atoms with Gasteiger partial charge in [0, 0.05) is 18.7 Å². The van der Waals surface area contributed by atoms with E-state index in [4.69, 9.17) is 9.47 Å². The first-order valence-corrected chi connectivity index (χ1v) is 6.42. The van der Waals surface area contributed by atoms with E-state index in [-0.39, 0.29) is 17.2 Å². The predicted octanol–water partition coefficient (Wildman–Crippen LogP) is 1.32. The molecule has 4 nitrogen and oxygen atoms in total. The number of nitrogens with one attached hydrogen (secondary N) is 1. The minimum atomic E-state index is -0.473. The zero-order valence-electron chi connectivity index (χ0n) is 11.7. The number of ether oxygens (including phenoxy) is 2. The van der Waals surface area contributed by atoms with Gasteiger partial charge in [-0.1, -0.05) is 0 Å². The van der Waals surface area contributed by atoms with Crippen molar-refractivity contribution in [3.63, 3.8) is 0 Å². The van der Waals surface area contributed by atoms with Crippen LogP contribution in [0.25, 0.3) is 0 Å². The fraction of sp³-hybridized carbons (Fsp3) is 1.00. The second-order valence-corrected chi connectivity index (χ2v) is 6.14. The van der Waals surface area contributed by atoms with Crippen LogP contribution in [0.3, 0.4) is 0 Å². The highest BCUT2D eigenvalue weighted by Gasteiger charge is 2.36. The van der Waals surface area contributed by atoms with Gasteiger partial charge in [-0.15, -0.1) is 0 Å². The summed E-state index contributed by atoms with van der Waals surface area (Å²) < 4.78 is 11.1. The zero-order chi connectivity index (χ0) is 13.1. The summed E-state index contributed by atoms with van der Waals surface area (Å²) in [5, 5.41) is 13.2. The minimum absolute atomic E-state index is 0.0251. The Balaban J connectivity index is 2.26. The van der Waals surface area contributed by atoms with Crippen molar-refractivity contribution < 1.29 is 14.6 Å². The molecule has 0 amide bonds. The van der Waals surface area contributed by atoms with Gasteiger partial charge in [0.25, 0.3) is 0 Å². The topological polar surface area (TPSA) is 50.7 Å². The van der Waals surface area contributed by atoms with Gasteiger partial charge >= 0.3 is 0 Å². The summed E-state index contributed by atoms with van der Waals surface area (Å²) >= 11 is 0. The third-order valence-corrected chi connectivity index (χ3v) is 3.34. The summed E-state index contributed by atoms with van der Waals surface area (Å²) in [6.45, 7) is 11.9. The summed E-state index contributed by atoms with van der Waals surface area (Å²) in [6, 6.07) is 0. The lowest BCUT2D eigenvalue weighted by molar-refractivity contribution is -0.0500. The normalized spacial score (nSPS) is 31.8. The van der Waals surface area contributed by atoms with E-state index in [9.17, 15) is 5.11 Å². The molecular formula is C13H27NO3. The Hall–Kier alpha value is -0.160. The Kier molecular flexibility index (Phi) is 4.95. The molecule has 0 aliphatic carbocycles. The minimum Gasteiger partial charge on any atom is -0.389 e. The Labute approximate surface area is 105 Å². The van der Waals surface area contributed by atoms with E-state index in [2.05, 4.69) is 19.2 Å². The van der Waals surface area contributed by atoms with Crippen LogP contribution in [0.1, 0.15) is 41.0 Å². The quantitative estimate of drug-likeness (QED) is 0.767. The van der Waals surface area contributed by atoms with Crippen molar-refractivity contribution in [2.75, 3.05) is 19.8 Å². The molecule has 0 radical (unpaired) electrons. The molecule has 0 saturated carbocycles. The Bertz CT molecular complexity index is 239. The molecule has 3 unspecified atom stereocenters. The van der Waals surface area contributed by atoms with Gasteiger partial charge in [0.2, 0.25) is 0 Å². The number of aliphatic hydroxyl groups excluding tert-OH is 1. The van der Waals surface area contributed by atoms with E-state index in [1.807, 2.05) is 20.8 Å². The van der Waals surface area contributed by atoms with Crippen molar-refractivity contribution in [1.82, 2.24) is 5.32 Å². The van der Waals surface area contributed by atoms with Crippen LogP contribution in [0.4, 0.5) is 0 Å². The summed E-state index contributed by atoms with van der Waals surface area (Å²) in [5.74, 6) is 0. The van der Waals surface area contributed by atoms with Gasteiger partial charge in [-0.05, 0) is 41.0 Å². The van der Waals surface area contributed by atoms with Crippen molar-refractivity contribution in [2.45, 2.75) is 64.4 Å². The molecule has 4 heteroatoms. The van der Waals surface area contributed by atoms with E-state index in [1.165, 1.54) is 0 Å². The van der Waals surface area contributed by atoms with Crippen molar-refractivity contribution in [3.8, 4) is 0 Å². The lowest BCUT2D eigenvalue weighted by Gasteiger charge is -2.30. The molecule has 102 valence electrons. The van der Waals surface area contributed by atoms with E-state index < -0.39 is 6.10 Å². The molecule has 0 aromatic rings. The highest BCUT2D eigenvalue weighted by atomic mass is 16.5. The Morgan fingerprint density at radius 3 is 2.65 bits per heavy atom. The average Bonchev–Trinajstić information content (AvgIpc) is 2.53. The first-order valence-electron chi connectivity index (χ1n) is 6.42. The predicted molar refractivity (Wildman–Crippen MR) is 68.2 cm³/mol. The second kappa shape index (κ2) is 5.65. The Morgan fingerprint density at radius 1 is 1.53 bits per heavy atom. The molecule has 0 spiro atoms. The third kappa shape index (κ3) is 4.92. The number of β-amino-alcohol motifs (C(OH)–C–C–N with tert-alkyl or cyclic N) is 1. The molecule has 0 aromatic carbocycles. The molecule has 1 aliphatic rings. The van der Waals surface area contributed by atoms with Crippen LogP contribution in [0, 0.1) is 0 Å². The van der Waals surface area contributed by atoms with Gasteiger partial charge in [0.15, 0.2) is 0 Å². The molecule has 17 heavy (non-hydrogen) atoms. The van der Waals surface area contributed by atoms with Gasteiger partial charge in [0.05, 0.1) is 24.4 Å². The summed E-state index contributed by atoms with van der Waals surface area (Å²) in [6.07, 6.45) is 0.707. The number of hydrogen-bond donors (Lipinski definition) is 2. The van der Waals surface area contributed by atoms with Crippen molar-refractivity contribution in [1.29, 1.82) is 0 Å². The first-order chi connectivity index (χ1) is 7.73. The Morgan fingerprint density at radius 2 is 2.18 bits per heavy atom. The average molecular weight is 245 g/mol. The van der Waals surface area contributed by atoms with Crippen molar-refractivity contribution in [3.05, 3.63) is 0 Å². The van der Waals surface area contributed by atoms with Gasteiger partial charge in [-0.3, -0.25) is 0 Å². The molecule has 1 heterocycles. The molecule has 1 aliphatic heterocycles. The van der Waals surface area contributed by atoms with Crippen LogP contribution in [-0.2, 0) is 9.47 Å². The number of rotatable bonds is 5. The fourth-order valence-electron chi connectivity index (χ4n) is 1.82. The van der Waals surface area contributed by atoms with Gasteiger partial charge in [0.1, 0.15) is 0 Å². The van der Waals surface area contributed by atoms with E-state index in [0.29, 0.717) is 13.2 Å². The first kappa shape index (κ1) is 14.9. The van der Waals surface area contributed by atoms with Crippen LogP contribution in [-0.4, -0.2) is 48.2 Å². The second-order valence-electron chi connectivity index (χ2n) is 6.14. The van der Waals surface area contributed by atoms with Crippen LogP contribution in [0.5, 0.6) is 0 Å². The molecule has 1 saturated heterocycles. The third-order valence-electron chi connectivity index (χ3n) is 3.34. The SMILES string of the molecule is CC1OCCC1(C)NCC(O)COC(C)(C)C. The maximum absolute atomic E-state index is 9.85. The van der Waals surface area contributed by atoms with Crippen LogP contribution < -0.4 is 5.32 Å². The highest BCUT2D eigenvalue weighted by Crippen LogP contribution is 2.24. The van der Waals surface area contributed by atoms with Crippen LogP contribution >= 0.6 is 0 Å². The standard InChI is InChI=1S/C13H27NO3/c1-10-13(5,6-7-16-10)14-8-11(15)9-17-12(2,3)4/h10-11,14-15H,6-9H2,1-5H3.